The number of aliphatic hydroxyl groups is 2. The van der Waals surface area contributed by atoms with Crippen LogP contribution in [0.25, 0.3) is 5.32 Å². The van der Waals surface area contributed by atoms with E-state index in [1.165, 1.54) is 0 Å². The van der Waals surface area contributed by atoms with Gasteiger partial charge in [-0.15, -0.1) is 13.1 Å². The Morgan fingerprint density at radius 1 is 1.00 bits per heavy atom. The van der Waals surface area contributed by atoms with E-state index in [9.17, 15) is 0 Å². The average Bonchev–Trinajstić information content (AvgIpc) is 1.69. The molecule has 0 atom stereocenters. The van der Waals surface area contributed by atoms with Crippen molar-refractivity contribution in [1.82, 2.24) is 0 Å². The topological polar surface area (TPSA) is 54.6 Å². The summed E-state index contributed by atoms with van der Waals surface area (Å²) in [6.07, 6.45) is 0. The third kappa shape index (κ3) is 10.1. The van der Waals surface area contributed by atoms with Crippen LogP contribution in [0.3, 0.4) is 0 Å². The van der Waals surface area contributed by atoms with Crippen LogP contribution in [0.4, 0.5) is 0 Å². The fourth-order valence-corrected chi connectivity index (χ4v) is 0.253. The molecule has 0 aromatic rings. The number of nitrogens with zero attached hydrogens (tertiary/aromatic N) is 1. The third-order valence-corrected chi connectivity index (χ3v) is 0.516. The van der Waals surface area contributed by atoms with E-state index >= 15 is 0 Å². The first-order valence-corrected chi connectivity index (χ1v) is 2.26. The molecular weight excluding hydrogens is 183 g/mol. The Hall–Kier alpha value is 0.984. The maximum atomic E-state index is 8.12. The maximum Gasteiger partial charge on any atom is 3.00 e. The molecule has 0 aromatic carbocycles. The molecule has 0 aliphatic carbocycles. The summed E-state index contributed by atoms with van der Waals surface area (Å²) < 4.78 is 0. The molecule has 0 heterocycles. The summed E-state index contributed by atoms with van der Waals surface area (Å²) >= 11 is 0. The van der Waals surface area contributed by atoms with Crippen molar-refractivity contribution in [3.8, 4) is 0 Å². The summed E-state index contributed by atoms with van der Waals surface area (Å²) in [5.41, 5.74) is 0. The molecule has 0 saturated carbocycles. The fourth-order valence-electron chi connectivity index (χ4n) is 0.253. The van der Waals surface area contributed by atoms with E-state index in [1.807, 2.05) is 0 Å². The van der Waals surface area contributed by atoms with E-state index in [0.717, 1.165) is 0 Å². The Kier molecular flexibility index (Phi) is 16.0. The van der Waals surface area contributed by atoms with Crippen LogP contribution in [-0.2, 0) is 32.7 Å². The minimum Gasteiger partial charge on any atom is -0.659 e. The normalized spacial score (nSPS) is 8.25. The smallest absolute Gasteiger partial charge is 0.659 e. The Bertz CT molecular complexity index is 33.2. The molecule has 8 heavy (non-hydrogen) atoms. The number of rotatable bonds is 4. The van der Waals surface area contributed by atoms with E-state index in [0.29, 0.717) is 13.1 Å². The zero-order valence-corrected chi connectivity index (χ0v) is 7.59. The van der Waals surface area contributed by atoms with Gasteiger partial charge in [0, 0.05) is 13.2 Å². The van der Waals surface area contributed by atoms with Gasteiger partial charge in [0.05, 0.1) is 0 Å². The van der Waals surface area contributed by atoms with Gasteiger partial charge in [0.25, 0.3) is 0 Å². The van der Waals surface area contributed by atoms with E-state index in [1.54, 1.807) is 0 Å². The van der Waals surface area contributed by atoms with Gasteiger partial charge in [-0.3, -0.25) is 0 Å². The predicted octanol–water partition coefficient (Wildman–Crippen LogP) is -0.658. The predicted molar refractivity (Wildman–Crippen MR) is 27.3 cm³/mol. The van der Waals surface area contributed by atoms with Gasteiger partial charge in [-0.25, -0.2) is 0 Å². The zero-order chi connectivity index (χ0) is 5.54. The van der Waals surface area contributed by atoms with Gasteiger partial charge in [0.15, 0.2) is 0 Å². The van der Waals surface area contributed by atoms with Crippen molar-refractivity contribution in [3.63, 3.8) is 0 Å². The SMILES string of the molecule is OCC[N-]CCO.[Y+3]. The van der Waals surface area contributed by atoms with Crippen molar-refractivity contribution in [3.05, 3.63) is 5.32 Å². The monoisotopic (exact) mass is 193 g/mol. The van der Waals surface area contributed by atoms with Gasteiger partial charge in [-0.05, 0) is 0 Å². The van der Waals surface area contributed by atoms with Crippen molar-refractivity contribution >= 4 is 0 Å². The van der Waals surface area contributed by atoms with Crippen LogP contribution in [0.2, 0.25) is 0 Å². The van der Waals surface area contributed by atoms with Crippen LogP contribution in [0.1, 0.15) is 0 Å². The van der Waals surface area contributed by atoms with E-state index in [4.69, 9.17) is 10.2 Å². The molecule has 44 valence electrons. The van der Waals surface area contributed by atoms with Crippen LogP contribution >= 0.6 is 0 Å². The molecule has 0 aliphatic heterocycles. The van der Waals surface area contributed by atoms with Crippen molar-refractivity contribution in [2.24, 2.45) is 0 Å². The largest absolute Gasteiger partial charge is 3.00 e. The van der Waals surface area contributed by atoms with Crippen LogP contribution in [0, 0.1) is 0 Å². The van der Waals surface area contributed by atoms with E-state index < -0.39 is 0 Å². The fraction of sp³-hybridized carbons (Fsp3) is 1.00. The molecule has 4 heteroatoms. The molecular formula is C4H10NO2Y+2. The van der Waals surface area contributed by atoms with Gasteiger partial charge in [-0.2, -0.15) is 0 Å². The molecule has 0 amide bonds. The Morgan fingerprint density at radius 3 is 1.62 bits per heavy atom. The maximum absolute atomic E-state index is 8.12. The molecule has 0 unspecified atom stereocenters. The van der Waals surface area contributed by atoms with E-state index in [2.05, 4.69) is 5.32 Å². The molecule has 0 saturated heterocycles. The van der Waals surface area contributed by atoms with Crippen molar-refractivity contribution < 1.29 is 42.9 Å². The minimum atomic E-state index is 0. The van der Waals surface area contributed by atoms with Crippen molar-refractivity contribution in [2.75, 3.05) is 26.3 Å². The van der Waals surface area contributed by atoms with E-state index in [-0.39, 0.29) is 45.9 Å². The molecule has 3 nitrogen and oxygen atoms in total. The molecule has 0 rings (SSSR count). The molecule has 2 N–H and O–H groups in total. The average molecular weight is 193 g/mol. The summed E-state index contributed by atoms with van der Waals surface area (Å²) in [4.78, 5) is 0. The van der Waals surface area contributed by atoms with Gasteiger partial charge < -0.3 is 15.5 Å². The molecule has 0 aromatic heterocycles. The summed E-state index contributed by atoms with van der Waals surface area (Å²) in [6.45, 7) is 1.06. The van der Waals surface area contributed by atoms with Crippen molar-refractivity contribution in [1.29, 1.82) is 0 Å². The second kappa shape index (κ2) is 10.9. The van der Waals surface area contributed by atoms with Gasteiger partial charge in [0.2, 0.25) is 0 Å². The molecule has 0 fully saturated rings. The summed E-state index contributed by atoms with van der Waals surface area (Å²) in [7, 11) is 0. The Morgan fingerprint density at radius 2 is 1.38 bits per heavy atom. The Labute approximate surface area is 74.4 Å². The first-order chi connectivity index (χ1) is 3.41. The van der Waals surface area contributed by atoms with Crippen LogP contribution < -0.4 is 0 Å². The minimum absolute atomic E-state index is 0. The molecule has 0 bridgehead atoms. The zero-order valence-electron chi connectivity index (χ0n) is 4.75. The standard InChI is InChI=1S/C4H10NO2.Y/c6-3-1-5-2-4-7;/h6-7H,1-4H2;/q-1;+3. The second-order valence-electron chi connectivity index (χ2n) is 1.12. The van der Waals surface area contributed by atoms with Crippen molar-refractivity contribution in [2.45, 2.75) is 0 Å². The summed E-state index contributed by atoms with van der Waals surface area (Å²) in [6, 6.07) is 0. The van der Waals surface area contributed by atoms with Gasteiger partial charge in [-0.1, -0.05) is 0 Å². The van der Waals surface area contributed by atoms with Crippen LogP contribution in [0.15, 0.2) is 0 Å². The number of hydrogen-bond acceptors (Lipinski definition) is 2. The van der Waals surface area contributed by atoms with Gasteiger partial charge >= 0.3 is 32.7 Å². The third-order valence-electron chi connectivity index (χ3n) is 0.516. The molecule has 0 spiro atoms. The summed E-state index contributed by atoms with van der Waals surface area (Å²) in [5.74, 6) is 0. The quantitative estimate of drug-likeness (QED) is 0.582. The number of aliphatic hydroxyl groups excluding tert-OH is 2. The van der Waals surface area contributed by atoms with Crippen LogP contribution in [0.5, 0.6) is 0 Å². The first kappa shape index (κ1) is 11.7. The van der Waals surface area contributed by atoms with Gasteiger partial charge in [0.1, 0.15) is 0 Å². The second-order valence-corrected chi connectivity index (χ2v) is 1.12. The number of hydrogen-bond donors (Lipinski definition) is 2. The first-order valence-electron chi connectivity index (χ1n) is 2.26. The Balaban J connectivity index is 0. The summed E-state index contributed by atoms with van der Waals surface area (Å²) in [5, 5.41) is 19.9. The molecule has 0 aliphatic rings. The van der Waals surface area contributed by atoms with Crippen LogP contribution in [-0.4, -0.2) is 36.5 Å². The molecule has 0 radical (unpaired) electrons.